The van der Waals surface area contributed by atoms with Crippen LogP contribution >= 0.6 is 23.1 Å². The zero-order chi connectivity index (χ0) is 7.68. The molecular formula is C7H6N2S2. The van der Waals surface area contributed by atoms with Gasteiger partial charge in [0, 0.05) is 22.7 Å². The van der Waals surface area contributed by atoms with E-state index in [1.807, 2.05) is 0 Å². The first kappa shape index (κ1) is 7.06. The summed E-state index contributed by atoms with van der Waals surface area (Å²) < 4.78 is 0. The molecule has 2 heterocycles. The van der Waals surface area contributed by atoms with Crippen LogP contribution < -0.4 is 0 Å². The van der Waals surface area contributed by atoms with Gasteiger partial charge in [0.05, 0.1) is 0 Å². The Morgan fingerprint density at radius 1 is 1.36 bits per heavy atom. The molecule has 11 heavy (non-hydrogen) atoms. The van der Waals surface area contributed by atoms with Gasteiger partial charge < -0.3 is 0 Å². The topological polar surface area (TPSA) is 25.8 Å². The molecule has 0 bridgehead atoms. The molecule has 0 saturated carbocycles. The van der Waals surface area contributed by atoms with E-state index in [0.29, 0.717) is 0 Å². The first-order chi connectivity index (χ1) is 5.42. The van der Waals surface area contributed by atoms with E-state index in [4.69, 9.17) is 0 Å². The smallest absolute Gasteiger partial charge is 0.142 e. The summed E-state index contributed by atoms with van der Waals surface area (Å²) in [4.78, 5) is 10.7. The predicted octanol–water partition coefficient (Wildman–Crippen LogP) is 2.41. The van der Waals surface area contributed by atoms with E-state index in [9.17, 15) is 0 Å². The quantitative estimate of drug-likeness (QED) is 0.633. The van der Waals surface area contributed by atoms with Gasteiger partial charge in [0.1, 0.15) is 10.3 Å². The summed E-state index contributed by atoms with van der Waals surface area (Å²) in [5.41, 5.74) is 1.03. The highest BCUT2D eigenvalue weighted by Crippen LogP contribution is 2.28. The summed E-state index contributed by atoms with van der Waals surface area (Å²) in [6.07, 6.45) is 5.51. The molecule has 0 radical (unpaired) electrons. The van der Waals surface area contributed by atoms with Crippen molar-refractivity contribution in [2.75, 3.05) is 6.26 Å². The normalized spacial score (nSPS) is 10.6. The molecule has 0 aliphatic heterocycles. The molecule has 0 N–H and O–H groups in total. The molecule has 2 nitrogen and oxygen atoms in total. The van der Waals surface area contributed by atoms with Crippen molar-refractivity contribution in [2.45, 2.75) is 4.90 Å². The van der Waals surface area contributed by atoms with Crippen molar-refractivity contribution in [2.24, 2.45) is 0 Å². The molecule has 0 unspecified atom stereocenters. The maximum Gasteiger partial charge on any atom is 0.142 e. The first-order valence-electron chi connectivity index (χ1n) is 3.14. The highest BCUT2D eigenvalue weighted by Gasteiger charge is 2.02. The Balaban J connectivity index is 2.76. The molecule has 2 aromatic rings. The Morgan fingerprint density at radius 3 is 3.00 bits per heavy atom. The highest BCUT2D eigenvalue weighted by molar-refractivity contribution is 7.99. The lowest BCUT2D eigenvalue weighted by Crippen LogP contribution is -1.75. The van der Waals surface area contributed by atoms with Crippen molar-refractivity contribution in [3.05, 3.63) is 17.8 Å². The van der Waals surface area contributed by atoms with E-state index in [2.05, 4.69) is 21.6 Å². The minimum Gasteiger partial charge on any atom is -0.251 e. The molecule has 0 aliphatic rings. The summed E-state index contributed by atoms with van der Waals surface area (Å²) in [6, 6.07) is 0. The number of hydrogen-bond donors (Lipinski definition) is 0. The molecule has 4 heteroatoms. The number of thiophene rings is 1. The van der Waals surface area contributed by atoms with E-state index >= 15 is 0 Å². The molecule has 0 amide bonds. The average Bonchev–Trinajstić information content (AvgIpc) is 2.47. The third-order valence-electron chi connectivity index (χ3n) is 1.40. The molecular weight excluding hydrogens is 176 g/mol. The minimum atomic E-state index is 1.02. The second kappa shape index (κ2) is 2.79. The van der Waals surface area contributed by atoms with E-state index in [1.54, 1.807) is 35.5 Å². The fraction of sp³-hybridized carbons (Fsp3) is 0.143. The monoisotopic (exact) mass is 182 g/mol. The van der Waals surface area contributed by atoms with Crippen molar-refractivity contribution in [3.8, 4) is 0 Å². The third kappa shape index (κ3) is 1.12. The number of aromatic nitrogens is 2. The molecule has 0 saturated heterocycles. The Kier molecular flexibility index (Phi) is 1.79. The summed E-state index contributed by atoms with van der Waals surface area (Å²) >= 11 is 3.36. The lowest BCUT2D eigenvalue weighted by Gasteiger charge is -1.88. The zero-order valence-electron chi connectivity index (χ0n) is 5.94. The highest BCUT2D eigenvalue weighted by atomic mass is 32.2. The molecule has 2 rings (SSSR count). The van der Waals surface area contributed by atoms with Gasteiger partial charge in [-0.2, -0.15) is 0 Å². The largest absolute Gasteiger partial charge is 0.251 e. The van der Waals surface area contributed by atoms with Crippen molar-refractivity contribution >= 4 is 33.4 Å². The van der Waals surface area contributed by atoms with Crippen molar-refractivity contribution in [1.29, 1.82) is 0 Å². The van der Waals surface area contributed by atoms with Crippen LogP contribution in [0.2, 0.25) is 0 Å². The lowest BCUT2D eigenvalue weighted by atomic mass is 10.5. The second-order valence-corrected chi connectivity index (χ2v) is 3.72. The average molecular weight is 182 g/mol. The van der Waals surface area contributed by atoms with Crippen LogP contribution in [0.15, 0.2) is 22.7 Å². The van der Waals surface area contributed by atoms with Gasteiger partial charge in [-0.1, -0.05) is 0 Å². The number of thioether (sulfide) groups is 1. The maximum absolute atomic E-state index is 4.24. The van der Waals surface area contributed by atoms with Crippen molar-refractivity contribution in [1.82, 2.24) is 9.97 Å². The van der Waals surface area contributed by atoms with Crippen LogP contribution in [0, 0.1) is 0 Å². The lowest BCUT2D eigenvalue weighted by molar-refractivity contribution is 1.29. The van der Waals surface area contributed by atoms with Gasteiger partial charge in [-0.3, -0.25) is 4.98 Å². The molecule has 0 spiro atoms. The van der Waals surface area contributed by atoms with Crippen LogP contribution in [-0.4, -0.2) is 16.2 Å². The summed E-state index contributed by atoms with van der Waals surface area (Å²) in [5, 5.41) is 2.09. The molecule has 0 aliphatic carbocycles. The van der Waals surface area contributed by atoms with Crippen LogP contribution in [0.1, 0.15) is 0 Å². The number of fused-ring (bicyclic) bond motifs is 1. The van der Waals surface area contributed by atoms with Crippen LogP contribution in [0.5, 0.6) is 0 Å². The van der Waals surface area contributed by atoms with E-state index < -0.39 is 0 Å². The Hall–Kier alpha value is -0.610. The molecule has 0 atom stereocenters. The standard InChI is InChI=1S/C7H6N2S2/c1-10-5-4-11-7-6(5)8-2-3-9-7/h2-4H,1H3. The fourth-order valence-corrected chi connectivity index (χ4v) is 2.55. The van der Waals surface area contributed by atoms with Crippen LogP contribution in [0.3, 0.4) is 0 Å². The Bertz CT molecular complexity index is 369. The Labute approximate surface area is 72.7 Å². The number of rotatable bonds is 1. The van der Waals surface area contributed by atoms with Gasteiger partial charge in [-0.05, 0) is 6.26 Å². The van der Waals surface area contributed by atoms with Crippen molar-refractivity contribution in [3.63, 3.8) is 0 Å². The van der Waals surface area contributed by atoms with Gasteiger partial charge in [0.25, 0.3) is 0 Å². The Morgan fingerprint density at radius 2 is 2.18 bits per heavy atom. The number of nitrogens with zero attached hydrogens (tertiary/aromatic N) is 2. The van der Waals surface area contributed by atoms with Gasteiger partial charge in [0.15, 0.2) is 0 Å². The van der Waals surface area contributed by atoms with Gasteiger partial charge >= 0.3 is 0 Å². The molecule has 2 aromatic heterocycles. The predicted molar refractivity (Wildman–Crippen MR) is 49.2 cm³/mol. The van der Waals surface area contributed by atoms with E-state index in [0.717, 1.165) is 10.3 Å². The van der Waals surface area contributed by atoms with Gasteiger partial charge in [0.2, 0.25) is 0 Å². The van der Waals surface area contributed by atoms with Gasteiger partial charge in [-0.25, -0.2) is 4.98 Å². The molecule has 0 fully saturated rings. The molecule has 56 valence electrons. The van der Waals surface area contributed by atoms with Crippen LogP contribution in [0.25, 0.3) is 10.3 Å². The summed E-state index contributed by atoms with van der Waals surface area (Å²) in [6.45, 7) is 0. The van der Waals surface area contributed by atoms with E-state index in [-0.39, 0.29) is 0 Å². The van der Waals surface area contributed by atoms with Crippen LogP contribution in [-0.2, 0) is 0 Å². The summed E-state index contributed by atoms with van der Waals surface area (Å²) in [7, 11) is 0. The SMILES string of the molecule is CSc1csc2nccnc12. The molecule has 0 aromatic carbocycles. The van der Waals surface area contributed by atoms with Gasteiger partial charge in [-0.15, -0.1) is 23.1 Å². The third-order valence-corrected chi connectivity index (χ3v) is 3.17. The minimum absolute atomic E-state index is 1.02. The zero-order valence-corrected chi connectivity index (χ0v) is 7.58. The maximum atomic E-state index is 4.24. The van der Waals surface area contributed by atoms with Crippen LogP contribution in [0.4, 0.5) is 0 Å². The first-order valence-corrected chi connectivity index (χ1v) is 5.24. The fourth-order valence-electron chi connectivity index (χ4n) is 0.890. The number of hydrogen-bond acceptors (Lipinski definition) is 4. The second-order valence-electron chi connectivity index (χ2n) is 2.01. The summed E-state index contributed by atoms with van der Waals surface area (Å²) in [5.74, 6) is 0. The van der Waals surface area contributed by atoms with E-state index in [1.165, 1.54) is 4.90 Å². The van der Waals surface area contributed by atoms with Crippen molar-refractivity contribution < 1.29 is 0 Å².